The van der Waals surface area contributed by atoms with Crippen LogP contribution in [0.15, 0.2) is 102 Å². The van der Waals surface area contributed by atoms with E-state index in [9.17, 15) is 22.4 Å². The van der Waals surface area contributed by atoms with Gasteiger partial charge in [0.25, 0.3) is 5.91 Å². The molecule has 0 aromatic heterocycles. The molecular formula is C28H25FN2O5S. The lowest BCUT2D eigenvalue weighted by Gasteiger charge is -2.21. The van der Waals surface area contributed by atoms with Gasteiger partial charge in [-0.3, -0.25) is 9.59 Å². The van der Waals surface area contributed by atoms with Crippen LogP contribution in [0.1, 0.15) is 12.5 Å². The summed E-state index contributed by atoms with van der Waals surface area (Å²) in [6, 6.07) is 25.2. The van der Waals surface area contributed by atoms with Crippen molar-refractivity contribution in [3.05, 3.63) is 108 Å². The summed E-state index contributed by atoms with van der Waals surface area (Å²) in [4.78, 5) is 25.2. The number of esters is 1. The fraction of sp³-hybridized carbons (Fsp3) is 0.143. The Balaban J connectivity index is 1.49. The summed E-state index contributed by atoms with van der Waals surface area (Å²) in [5.41, 5.74) is 1.17. The topological polar surface area (TPSA) is 102 Å². The summed E-state index contributed by atoms with van der Waals surface area (Å²) in [7, 11) is -4.41. The average Bonchev–Trinajstić information content (AvgIpc) is 2.88. The molecule has 190 valence electrons. The lowest BCUT2D eigenvalue weighted by Crippen LogP contribution is -2.45. The Morgan fingerprint density at radius 1 is 0.865 bits per heavy atom. The van der Waals surface area contributed by atoms with E-state index in [-0.39, 0.29) is 6.42 Å². The number of hydrogen-bond donors (Lipinski definition) is 2. The van der Waals surface area contributed by atoms with Crippen molar-refractivity contribution in [1.29, 1.82) is 0 Å². The van der Waals surface area contributed by atoms with Gasteiger partial charge in [0.05, 0.1) is 0 Å². The highest BCUT2D eigenvalue weighted by molar-refractivity contribution is 7.89. The third-order valence-corrected chi connectivity index (χ3v) is 7.17. The molecule has 0 unspecified atom stereocenters. The second-order valence-electron chi connectivity index (χ2n) is 8.42. The molecule has 4 aromatic carbocycles. The lowest BCUT2D eigenvalue weighted by molar-refractivity contribution is -0.154. The third-order valence-electron chi connectivity index (χ3n) is 5.67. The molecule has 0 fully saturated rings. The highest BCUT2D eigenvalue weighted by Crippen LogP contribution is 2.20. The smallest absolute Gasteiger partial charge is 0.325 e. The molecule has 0 spiro atoms. The molecule has 0 aliphatic heterocycles. The fourth-order valence-electron chi connectivity index (χ4n) is 3.76. The van der Waals surface area contributed by atoms with E-state index in [2.05, 4.69) is 10.0 Å². The number of hydrogen-bond acceptors (Lipinski definition) is 5. The lowest BCUT2D eigenvalue weighted by atomic mass is 10.1. The molecule has 0 radical (unpaired) electrons. The summed E-state index contributed by atoms with van der Waals surface area (Å²) in [6.07, 6.45) is -1.29. The molecule has 0 aliphatic carbocycles. The maximum absolute atomic E-state index is 14.2. The van der Waals surface area contributed by atoms with Crippen molar-refractivity contribution < 1.29 is 27.1 Å². The Labute approximate surface area is 214 Å². The minimum absolute atomic E-state index is 0.0631. The SMILES string of the molecule is C[C@@H](OC(=O)[C@@H](Cc1ccccc1)NS(=O)(=O)c1ccccc1F)C(=O)Nc1ccc2ccccc2c1. The van der Waals surface area contributed by atoms with Crippen LogP contribution in [-0.2, 0) is 30.8 Å². The zero-order chi connectivity index (χ0) is 26.4. The van der Waals surface area contributed by atoms with Gasteiger partial charge in [-0.05, 0) is 53.9 Å². The Morgan fingerprint density at radius 2 is 1.51 bits per heavy atom. The Bertz CT molecular complexity index is 1530. The zero-order valence-corrected chi connectivity index (χ0v) is 20.7. The van der Waals surface area contributed by atoms with Gasteiger partial charge >= 0.3 is 5.97 Å². The maximum Gasteiger partial charge on any atom is 0.325 e. The van der Waals surface area contributed by atoms with Crippen LogP contribution in [0.2, 0.25) is 0 Å². The summed E-state index contributed by atoms with van der Waals surface area (Å²) in [5.74, 6) is -2.51. The van der Waals surface area contributed by atoms with Crippen molar-refractivity contribution in [2.75, 3.05) is 5.32 Å². The second-order valence-corrected chi connectivity index (χ2v) is 10.1. The van der Waals surface area contributed by atoms with E-state index in [4.69, 9.17) is 4.74 Å². The number of carbonyl (C=O) groups excluding carboxylic acids is 2. The zero-order valence-electron chi connectivity index (χ0n) is 19.9. The molecule has 1 amide bonds. The number of carbonyl (C=O) groups is 2. The molecule has 7 nitrogen and oxygen atoms in total. The number of anilines is 1. The Hall–Kier alpha value is -4.08. The van der Waals surface area contributed by atoms with E-state index in [0.29, 0.717) is 11.3 Å². The first-order valence-electron chi connectivity index (χ1n) is 11.5. The van der Waals surface area contributed by atoms with E-state index in [1.165, 1.54) is 19.1 Å². The number of rotatable bonds is 9. The van der Waals surface area contributed by atoms with Gasteiger partial charge in [0, 0.05) is 5.69 Å². The predicted molar refractivity (Wildman–Crippen MR) is 139 cm³/mol. The second kappa shape index (κ2) is 11.3. The summed E-state index contributed by atoms with van der Waals surface area (Å²) >= 11 is 0. The van der Waals surface area contributed by atoms with Gasteiger partial charge in [0.1, 0.15) is 16.8 Å². The van der Waals surface area contributed by atoms with Gasteiger partial charge in [-0.15, -0.1) is 0 Å². The molecule has 4 rings (SSSR count). The van der Waals surface area contributed by atoms with E-state index in [1.54, 1.807) is 42.5 Å². The Kier molecular flexibility index (Phi) is 7.95. The van der Waals surface area contributed by atoms with Crippen molar-refractivity contribution in [2.45, 2.75) is 30.4 Å². The largest absolute Gasteiger partial charge is 0.451 e. The number of fused-ring (bicyclic) bond motifs is 1. The summed E-state index contributed by atoms with van der Waals surface area (Å²) < 4.78 is 47.6. The number of ether oxygens (including phenoxy) is 1. The normalized spacial score (nSPS) is 13.0. The number of nitrogens with one attached hydrogen (secondary N) is 2. The van der Waals surface area contributed by atoms with Crippen molar-refractivity contribution in [2.24, 2.45) is 0 Å². The van der Waals surface area contributed by atoms with E-state index in [0.717, 1.165) is 22.9 Å². The standard InChI is InChI=1S/C28H25FN2O5S/c1-19(27(32)30-23-16-15-21-11-5-6-12-22(21)18-23)36-28(33)25(17-20-9-3-2-4-10-20)31-37(34,35)26-14-8-7-13-24(26)29/h2-16,18-19,25,31H,17H2,1H3,(H,30,32)/t19-,25-/m1/s1. The van der Waals surface area contributed by atoms with Crippen LogP contribution >= 0.6 is 0 Å². The molecule has 0 bridgehead atoms. The summed E-state index contributed by atoms with van der Waals surface area (Å²) in [5, 5.41) is 4.64. The van der Waals surface area contributed by atoms with Crippen LogP contribution < -0.4 is 10.0 Å². The van der Waals surface area contributed by atoms with Crippen molar-refractivity contribution in [3.63, 3.8) is 0 Å². The predicted octanol–water partition coefficient (Wildman–Crippen LogP) is 4.44. The van der Waals surface area contributed by atoms with Gasteiger partial charge in [-0.25, -0.2) is 12.8 Å². The molecule has 4 aromatic rings. The monoisotopic (exact) mass is 520 g/mol. The molecule has 2 N–H and O–H groups in total. The number of amides is 1. The number of halogens is 1. The van der Waals surface area contributed by atoms with Crippen molar-refractivity contribution >= 4 is 38.4 Å². The van der Waals surface area contributed by atoms with Crippen LogP contribution in [-0.4, -0.2) is 32.4 Å². The van der Waals surface area contributed by atoms with Crippen LogP contribution in [0.25, 0.3) is 10.8 Å². The molecule has 0 heterocycles. The first kappa shape index (κ1) is 26.0. The average molecular weight is 521 g/mol. The van der Waals surface area contributed by atoms with Gasteiger partial charge in [0.2, 0.25) is 10.0 Å². The van der Waals surface area contributed by atoms with Crippen molar-refractivity contribution in [1.82, 2.24) is 4.72 Å². The van der Waals surface area contributed by atoms with Crippen LogP contribution in [0, 0.1) is 5.82 Å². The minimum Gasteiger partial charge on any atom is -0.451 e. The van der Waals surface area contributed by atoms with Gasteiger partial charge in [0.15, 0.2) is 6.10 Å². The van der Waals surface area contributed by atoms with Crippen LogP contribution in [0.5, 0.6) is 0 Å². The molecule has 0 saturated carbocycles. The van der Waals surface area contributed by atoms with E-state index >= 15 is 0 Å². The molecule has 0 saturated heterocycles. The van der Waals surface area contributed by atoms with Crippen LogP contribution in [0.3, 0.4) is 0 Å². The molecule has 2 atom stereocenters. The third kappa shape index (κ3) is 6.58. The molecule has 9 heteroatoms. The van der Waals surface area contributed by atoms with Gasteiger partial charge in [-0.1, -0.05) is 72.8 Å². The van der Waals surface area contributed by atoms with E-state index < -0.39 is 44.8 Å². The first-order valence-corrected chi connectivity index (χ1v) is 13.0. The quantitative estimate of drug-likeness (QED) is 0.318. The molecule has 37 heavy (non-hydrogen) atoms. The van der Waals surface area contributed by atoms with Crippen LogP contribution in [0.4, 0.5) is 10.1 Å². The summed E-state index contributed by atoms with van der Waals surface area (Å²) in [6.45, 7) is 1.39. The number of sulfonamides is 1. The molecular weight excluding hydrogens is 495 g/mol. The number of benzene rings is 4. The van der Waals surface area contributed by atoms with Crippen molar-refractivity contribution in [3.8, 4) is 0 Å². The fourth-order valence-corrected chi connectivity index (χ4v) is 5.02. The molecule has 0 aliphatic rings. The first-order chi connectivity index (χ1) is 17.7. The van der Waals surface area contributed by atoms with E-state index in [1.807, 2.05) is 30.3 Å². The highest BCUT2D eigenvalue weighted by atomic mass is 32.2. The maximum atomic E-state index is 14.2. The minimum atomic E-state index is -4.41. The highest BCUT2D eigenvalue weighted by Gasteiger charge is 2.31. The Morgan fingerprint density at radius 3 is 2.24 bits per heavy atom. The van der Waals surface area contributed by atoms with Gasteiger partial charge < -0.3 is 10.1 Å². The van der Waals surface area contributed by atoms with Gasteiger partial charge in [-0.2, -0.15) is 4.72 Å².